The molecule has 1 nitrogen and oxygen atoms in total. The van der Waals surface area contributed by atoms with Gasteiger partial charge in [-0.25, -0.2) is 0 Å². The lowest BCUT2D eigenvalue weighted by atomic mass is 9.84. The van der Waals surface area contributed by atoms with E-state index in [9.17, 15) is 0 Å². The standard InChI is InChI=1S/C28H25ClO/c29-26-17-8-7-14-22(26)18-23-15-9-16-24-25(20-10-3-1-4-11-20)19-27(30-28(23)24)21-12-5-2-6-13-21/h1-6,10-13,17-19H,7-9,14-16H2/b22-18+. The Balaban J connectivity index is 1.68. The summed E-state index contributed by atoms with van der Waals surface area (Å²) < 4.78 is 6.59. The second-order valence-corrected chi connectivity index (χ2v) is 8.46. The number of ether oxygens (including phenoxy) is 1. The highest BCUT2D eigenvalue weighted by Gasteiger charge is 2.27. The molecule has 2 heteroatoms. The molecule has 0 atom stereocenters. The molecule has 30 heavy (non-hydrogen) atoms. The topological polar surface area (TPSA) is 9.23 Å². The van der Waals surface area contributed by atoms with Gasteiger partial charge in [0.2, 0.25) is 0 Å². The van der Waals surface area contributed by atoms with E-state index in [1.54, 1.807) is 0 Å². The van der Waals surface area contributed by atoms with E-state index in [4.69, 9.17) is 16.3 Å². The number of rotatable bonds is 3. The van der Waals surface area contributed by atoms with E-state index in [-0.39, 0.29) is 0 Å². The van der Waals surface area contributed by atoms with Crippen LogP contribution in [0.5, 0.6) is 0 Å². The molecule has 0 bridgehead atoms. The average Bonchev–Trinajstić information content (AvgIpc) is 2.81. The number of fused-ring (bicyclic) bond motifs is 1. The zero-order valence-corrected chi connectivity index (χ0v) is 17.8. The highest BCUT2D eigenvalue weighted by atomic mass is 35.5. The molecule has 0 fully saturated rings. The Morgan fingerprint density at radius 2 is 1.53 bits per heavy atom. The van der Waals surface area contributed by atoms with Crippen LogP contribution in [-0.4, -0.2) is 0 Å². The van der Waals surface area contributed by atoms with Crippen LogP contribution < -0.4 is 0 Å². The number of hydrogen-bond donors (Lipinski definition) is 0. The van der Waals surface area contributed by atoms with Gasteiger partial charge in [0.1, 0.15) is 11.5 Å². The first-order valence-electron chi connectivity index (χ1n) is 10.8. The first-order valence-corrected chi connectivity index (χ1v) is 11.2. The van der Waals surface area contributed by atoms with E-state index in [2.05, 4.69) is 72.8 Å². The minimum atomic E-state index is 0.906. The van der Waals surface area contributed by atoms with E-state index in [0.717, 1.165) is 54.2 Å². The highest BCUT2D eigenvalue weighted by molar-refractivity contribution is 6.32. The lowest BCUT2D eigenvalue weighted by Crippen LogP contribution is -2.12. The van der Waals surface area contributed by atoms with Crippen molar-refractivity contribution in [2.24, 2.45) is 0 Å². The normalized spacial score (nSPS) is 20.5. The van der Waals surface area contributed by atoms with Gasteiger partial charge in [0.25, 0.3) is 0 Å². The smallest absolute Gasteiger partial charge is 0.135 e. The van der Waals surface area contributed by atoms with Crippen molar-refractivity contribution >= 4 is 22.9 Å². The summed E-state index contributed by atoms with van der Waals surface area (Å²) in [5.41, 5.74) is 7.45. The molecule has 1 aliphatic heterocycles. The Kier molecular flexibility index (Phi) is 5.46. The molecular formula is C28H25ClO. The summed E-state index contributed by atoms with van der Waals surface area (Å²) >= 11 is 6.53. The number of benzene rings is 2. The van der Waals surface area contributed by atoms with Crippen molar-refractivity contribution in [3.8, 4) is 0 Å². The molecule has 1 heterocycles. The predicted molar refractivity (Wildman–Crippen MR) is 126 cm³/mol. The lowest BCUT2D eigenvalue weighted by Gasteiger charge is -2.29. The highest BCUT2D eigenvalue weighted by Crippen LogP contribution is 2.44. The third-order valence-electron chi connectivity index (χ3n) is 6.02. The summed E-state index contributed by atoms with van der Waals surface area (Å²) in [6, 6.07) is 21.1. The van der Waals surface area contributed by atoms with Crippen LogP contribution in [0.25, 0.3) is 11.3 Å². The number of hydrogen-bond acceptors (Lipinski definition) is 1. The fraction of sp³-hybridized carbons (Fsp3) is 0.214. The maximum atomic E-state index is 6.59. The van der Waals surface area contributed by atoms with Gasteiger partial charge in [-0.05, 0) is 66.9 Å². The molecule has 0 saturated carbocycles. The summed E-state index contributed by atoms with van der Waals surface area (Å²) in [7, 11) is 0. The lowest BCUT2D eigenvalue weighted by molar-refractivity contribution is 0.372. The maximum absolute atomic E-state index is 6.59. The molecule has 3 aliphatic rings. The fourth-order valence-electron chi connectivity index (χ4n) is 4.50. The molecule has 0 unspecified atom stereocenters. The van der Waals surface area contributed by atoms with Gasteiger partial charge in [-0.3, -0.25) is 0 Å². The van der Waals surface area contributed by atoms with E-state index >= 15 is 0 Å². The van der Waals surface area contributed by atoms with Gasteiger partial charge in [0.15, 0.2) is 0 Å². The summed E-state index contributed by atoms with van der Waals surface area (Å²) in [5.74, 6) is 1.94. The third kappa shape index (κ3) is 3.82. The Labute approximate surface area is 183 Å². The van der Waals surface area contributed by atoms with Crippen LogP contribution in [0.3, 0.4) is 0 Å². The summed E-state index contributed by atoms with van der Waals surface area (Å²) in [5, 5.41) is 0.906. The molecule has 2 aliphatic carbocycles. The van der Waals surface area contributed by atoms with Crippen LogP contribution in [0, 0.1) is 0 Å². The summed E-state index contributed by atoms with van der Waals surface area (Å²) in [6.45, 7) is 0. The molecule has 0 N–H and O–H groups in total. The Hall–Kier alpha value is -2.77. The van der Waals surface area contributed by atoms with Gasteiger partial charge in [0, 0.05) is 16.2 Å². The van der Waals surface area contributed by atoms with Crippen molar-refractivity contribution in [1.82, 2.24) is 0 Å². The van der Waals surface area contributed by atoms with Crippen LogP contribution in [-0.2, 0) is 4.74 Å². The molecule has 5 rings (SSSR count). The monoisotopic (exact) mass is 412 g/mol. The van der Waals surface area contributed by atoms with Gasteiger partial charge in [0.05, 0.1) is 0 Å². The van der Waals surface area contributed by atoms with Crippen molar-refractivity contribution < 1.29 is 4.74 Å². The van der Waals surface area contributed by atoms with Crippen molar-refractivity contribution in [3.63, 3.8) is 0 Å². The molecule has 2 aromatic rings. The average molecular weight is 413 g/mol. The summed E-state index contributed by atoms with van der Waals surface area (Å²) in [4.78, 5) is 0. The van der Waals surface area contributed by atoms with Crippen LogP contribution >= 0.6 is 11.6 Å². The second-order valence-electron chi connectivity index (χ2n) is 8.06. The van der Waals surface area contributed by atoms with Crippen molar-refractivity contribution in [2.45, 2.75) is 38.5 Å². The number of halogens is 1. The van der Waals surface area contributed by atoms with E-state index < -0.39 is 0 Å². The maximum Gasteiger partial charge on any atom is 0.135 e. The van der Waals surface area contributed by atoms with Crippen LogP contribution in [0.1, 0.15) is 49.7 Å². The minimum Gasteiger partial charge on any atom is -0.456 e. The predicted octanol–water partition coefficient (Wildman–Crippen LogP) is 8.18. The molecule has 0 amide bonds. The van der Waals surface area contributed by atoms with E-state index in [1.165, 1.54) is 34.3 Å². The largest absolute Gasteiger partial charge is 0.456 e. The second kappa shape index (κ2) is 8.53. The Morgan fingerprint density at radius 3 is 2.27 bits per heavy atom. The molecule has 2 aromatic carbocycles. The molecule has 150 valence electrons. The quantitative estimate of drug-likeness (QED) is 0.493. The van der Waals surface area contributed by atoms with Gasteiger partial charge in [-0.15, -0.1) is 0 Å². The molecule has 0 aromatic heterocycles. The first-order chi connectivity index (χ1) is 14.8. The van der Waals surface area contributed by atoms with Crippen LogP contribution in [0.2, 0.25) is 0 Å². The third-order valence-corrected chi connectivity index (χ3v) is 6.42. The molecule has 0 radical (unpaired) electrons. The summed E-state index contributed by atoms with van der Waals surface area (Å²) in [6.07, 6.45) is 13.1. The number of allylic oxidation sites excluding steroid dienone is 8. The Morgan fingerprint density at radius 1 is 0.800 bits per heavy atom. The Bertz CT molecular complexity index is 1100. The van der Waals surface area contributed by atoms with E-state index in [0.29, 0.717) is 0 Å². The molecular weight excluding hydrogens is 388 g/mol. The van der Waals surface area contributed by atoms with Gasteiger partial charge < -0.3 is 4.74 Å². The van der Waals surface area contributed by atoms with Crippen molar-refractivity contribution in [1.29, 1.82) is 0 Å². The molecule has 0 saturated heterocycles. The van der Waals surface area contributed by atoms with Crippen molar-refractivity contribution in [2.75, 3.05) is 0 Å². The van der Waals surface area contributed by atoms with Crippen molar-refractivity contribution in [3.05, 3.63) is 118 Å². The van der Waals surface area contributed by atoms with Gasteiger partial charge >= 0.3 is 0 Å². The first kappa shape index (κ1) is 19.2. The SMILES string of the molecule is ClC1=CCCC/C1=C\C1=C2OC(c3ccccc3)=CC(c3ccccc3)=C2CCC1. The molecule has 0 spiro atoms. The minimum absolute atomic E-state index is 0.906. The van der Waals surface area contributed by atoms with Crippen LogP contribution in [0.15, 0.2) is 106 Å². The fourth-order valence-corrected chi connectivity index (χ4v) is 4.76. The van der Waals surface area contributed by atoms with E-state index in [1.807, 2.05) is 6.07 Å². The zero-order chi connectivity index (χ0) is 20.3. The van der Waals surface area contributed by atoms with Crippen LogP contribution in [0.4, 0.5) is 0 Å². The van der Waals surface area contributed by atoms with Gasteiger partial charge in [-0.1, -0.05) is 84.4 Å². The van der Waals surface area contributed by atoms with Gasteiger partial charge in [-0.2, -0.15) is 0 Å². The zero-order valence-electron chi connectivity index (χ0n) is 17.0.